The van der Waals surface area contributed by atoms with Gasteiger partial charge in [-0.3, -0.25) is 0 Å². The summed E-state index contributed by atoms with van der Waals surface area (Å²) in [5.74, 6) is 0.321. The Labute approximate surface area is 104 Å². The Kier molecular flexibility index (Phi) is 3.62. The second kappa shape index (κ2) is 4.26. The molecule has 1 rings (SSSR count). The highest BCUT2D eigenvalue weighted by Crippen LogP contribution is 2.33. The minimum absolute atomic E-state index is 0.0781. The second-order valence-corrected chi connectivity index (χ2v) is 5.35. The third-order valence-electron chi connectivity index (χ3n) is 2.29. The van der Waals surface area contributed by atoms with Gasteiger partial charge in [-0.05, 0) is 37.5 Å². The lowest BCUT2D eigenvalue weighted by atomic mass is 10.1. The summed E-state index contributed by atoms with van der Waals surface area (Å²) in [6.45, 7) is 5.34. The van der Waals surface area contributed by atoms with Crippen LogP contribution in [0.2, 0.25) is 0 Å². The van der Waals surface area contributed by atoms with Gasteiger partial charge in [-0.15, -0.1) is 0 Å². The predicted octanol–water partition coefficient (Wildman–Crippen LogP) is 1.99. The molecule has 0 aliphatic rings. The first-order valence-electron chi connectivity index (χ1n) is 4.21. The van der Waals surface area contributed by atoms with Gasteiger partial charge >= 0.3 is 0 Å². The highest BCUT2D eigenvalue weighted by atomic mass is 127. The van der Waals surface area contributed by atoms with Crippen LogP contribution >= 0.6 is 23.0 Å². The first kappa shape index (κ1) is 12.7. The molecule has 0 heterocycles. The van der Waals surface area contributed by atoms with E-state index in [1.54, 1.807) is 36.9 Å². The van der Waals surface area contributed by atoms with Crippen LogP contribution in [0.25, 0.3) is 0 Å². The minimum atomic E-state index is -3.75. The number of hydrogen-bond acceptors (Lipinski definition) is 3. The van der Waals surface area contributed by atoms with E-state index in [2.05, 4.69) is 0 Å². The summed E-state index contributed by atoms with van der Waals surface area (Å²) in [6, 6.07) is 1.87. The van der Waals surface area contributed by atoms with Crippen molar-refractivity contribution in [2.45, 2.75) is 25.7 Å². The maximum atomic E-state index is 11.4. The van der Waals surface area contributed by atoms with E-state index in [4.69, 9.17) is 8.21 Å². The van der Waals surface area contributed by atoms with Gasteiger partial charge in [0.1, 0.15) is 4.90 Å². The van der Waals surface area contributed by atoms with E-state index in [9.17, 15) is 8.42 Å². The normalized spacial score (nSPS) is 11.5. The molecule has 0 bridgehead atoms. The molecular formula is C9H12INO3S. The number of nitrogens with two attached hydrogens (primary N) is 1. The summed E-state index contributed by atoms with van der Waals surface area (Å²) >= 11 is 1.65. The number of rotatable bonds is 2. The number of benzene rings is 1. The molecule has 2 N–H and O–H groups in total. The first-order valence-corrected chi connectivity index (χ1v) is 6.64. The molecule has 1 aromatic carbocycles. The molecule has 0 aliphatic heterocycles. The van der Waals surface area contributed by atoms with Crippen molar-refractivity contribution < 1.29 is 11.5 Å². The van der Waals surface area contributed by atoms with Gasteiger partial charge < -0.3 is 3.07 Å². The zero-order valence-electron chi connectivity index (χ0n) is 8.67. The van der Waals surface area contributed by atoms with E-state index in [0.717, 1.165) is 11.1 Å². The molecule has 0 unspecified atom stereocenters. The van der Waals surface area contributed by atoms with Crippen LogP contribution in [-0.4, -0.2) is 8.42 Å². The van der Waals surface area contributed by atoms with Crippen LogP contribution < -0.4 is 8.21 Å². The van der Waals surface area contributed by atoms with E-state index >= 15 is 0 Å². The number of primary sulfonamides is 1. The summed E-state index contributed by atoms with van der Waals surface area (Å²) < 4.78 is 27.9. The molecule has 15 heavy (non-hydrogen) atoms. The van der Waals surface area contributed by atoms with Gasteiger partial charge in [-0.1, -0.05) is 6.07 Å². The molecule has 0 saturated carbocycles. The Bertz CT molecular complexity index is 497. The molecule has 0 spiro atoms. The maximum absolute atomic E-state index is 11.4. The Hall–Kier alpha value is -0.340. The van der Waals surface area contributed by atoms with Crippen LogP contribution in [0.15, 0.2) is 11.0 Å². The molecule has 0 aliphatic carbocycles. The highest BCUT2D eigenvalue weighted by molar-refractivity contribution is 14.1. The van der Waals surface area contributed by atoms with Gasteiger partial charge in [0.25, 0.3) is 0 Å². The van der Waals surface area contributed by atoms with E-state index in [-0.39, 0.29) is 4.90 Å². The number of hydrogen-bond donors (Lipinski definition) is 1. The largest absolute Gasteiger partial charge is 0.426 e. The van der Waals surface area contributed by atoms with Crippen molar-refractivity contribution in [2.75, 3.05) is 0 Å². The third-order valence-corrected chi connectivity index (χ3v) is 3.79. The van der Waals surface area contributed by atoms with Crippen molar-refractivity contribution in [3.05, 3.63) is 22.8 Å². The van der Waals surface area contributed by atoms with E-state index < -0.39 is 10.0 Å². The second-order valence-electron chi connectivity index (χ2n) is 3.42. The van der Waals surface area contributed by atoms with Gasteiger partial charge in [0.05, 0.1) is 0 Å². The third kappa shape index (κ3) is 2.43. The molecule has 0 saturated heterocycles. The van der Waals surface area contributed by atoms with E-state index in [1.807, 2.05) is 13.0 Å². The number of aryl methyl sites for hydroxylation is 2. The van der Waals surface area contributed by atoms with Crippen LogP contribution in [0, 0.1) is 20.8 Å². The fraction of sp³-hybridized carbons (Fsp3) is 0.333. The van der Waals surface area contributed by atoms with Crippen molar-refractivity contribution in [2.24, 2.45) is 5.14 Å². The lowest BCUT2D eigenvalue weighted by Crippen LogP contribution is -2.15. The lowest BCUT2D eigenvalue weighted by Gasteiger charge is -2.13. The monoisotopic (exact) mass is 341 g/mol. The van der Waals surface area contributed by atoms with Gasteiger partial charge in [-0.2, -0.15) is 0 Å². The van der Waals surface area contributed by atoms with Crippen LogP contribution in [-0.2, 0) is 10.0 Å². The summed E-state index contributed by atoms with van der Waals surface area (Å²) in [7, 11) is -3.75. The highest BCUT2D eigenvalue weighted by Gasteiger charge is 2.21. The lowest BCUT2D eigenvalue weighted by molar-refractivity contribution is 0.589. The molecular weight excluding hydrogens is 329 g/mol. The summed E-state index contributed by atoms with van der Waals surface area (Å²) in [5, 5.41) is 5.16. The molecule has 0 aromatic heterocycles. The topological polar surface area (TPSA) is 69.4 Å². The zero-order chi connectivity index (χ0) is 11.8. The zero-order valence-corrected chi connectivity index (χ0v) is 11.6. The van der Waals surface area contributed by atoms with Crippen molar-refractivity contribution >= 4 is 33.0 Å². The first-order chi connectivity index (χ1) is 6.79. The Morgan fingerprint density at radius 3 is 2.20 bits per heavy atom. The molecule has 4 nitrogen and oxygen atoms in total. The number of sulfonamides is 1. The fourth-order valence-corrected chi connectivity index (χ4v) is 3.23. The molecule has 0 radical (unpaired) electrons. The quantitative estimate of drug-likeness (QED) is 0.837. The Morgan fingerprint density at radius 1 is 1.27 bits per heavy atom. The van der Waals surface area contributed by atoms with Crippen LogP contribution in [0.4, 0.5) is 0 Å². The fourth-order valence-electron chi connectivity index (χ4n) is 1.47. The van der Waals surface area contributed by atoms with Crippen LogP contribution in [0.1, 0.15) is 16.7 Å². The van der Waals surface area contributed by atoms with Crippen molar-refractivity contribution in [3.63, 3.8) is 0 Å². The van der Waals surface area contributed by atoms with E-state index in [1.165, 1.54) is 0 Å². The summed E-state index contributed by atoms with van der Waals surface area (Å²) in [5.41, 5.74) is 2.28. The van der Waals surface area contributed by atoms with Crippen LogP contribution in [0.3, 0.4) is 0 Å². The SMILES string of the molecule is Cc1cc(C)c(OI)c(S(N)(=O)=O)c1C. The minimum Gasteiger partial charge on any atom is -0.426 e. The van der Waals surface area contributed by atoms with Gasteiger partial charge in [0, 0.05) is 0 Å². The molecule has 0 atom stereocenters. The smallest absolute Gasteiger partial charge is 0.242 e. The standard InChI is InChI=1S/C9H12INO3S/c1-5-4-6(2)8(14-10)9(7(5)3)15(11,12)13/h4H,1-3H3,(H2,11,12,13). The van der Waals surface area contributed by atoms with Gasteiger partial charge in [0.2, 0.25) is 10.0 Å². The van der Waals surface area contributed by atoms with Crippen molar-refractivity contribution in [3.8, 4) is 5.75 Å². The molecule has 0 fully saturated rings. The van der Waals surface area contributed by atoms with Crippen molar-refractivity contribution in [1.82, 2.24) is 0 Å². The molecule has 84 valence electrons. The Balaban J connectivity index is 3.74. The average molecular weight is 341 g/mol. The molecule has 1 aromatic rings. The summed E-state index contributed by atoms with van der Waals surface area (Å²) in [6.07, 6.45) is 0. The van der Waals surface area contributed by atoms with E-state index in [0.29, 0.717) is 11.3 Å². The van der Waals surface area contributed by atoms with Crippen LogP contribution in [0.5, 0.6) is 5.75 Å². The average Bonchev–Trinajstić information content (AvgIpc) is 2.08. The van der Waals surface area contributed by atoms with Gasteiger partial charge in [-0.25, -0.2) is 13.6 Å². The van der Waals surface area contributed by atoms with Crippen molar-refractivity contribution in [1.29, 1.82) is 0 Å². The Morgan fingerprint density at radius 2 is 1.80 bits per heavy atom. The van der Waals surface area contributed by atoms with Gasteiger partial charge in [0.15, 0.2) is 28.8 Å². The molecule has 6 heteroatoms. The molecule has 0 amide bonds. The maximum Gasteiger partial charge on any atom is 0.242 e. The summed E-state index contributed by atoms with van der Waals surface area (Å²) in [4.78, 5) is 0.0781. The number of halogens is 1. The predicted molar refractivity (Wildman–Crippen MR) is 66.7 cm³/mol.